The van der Waals surface area contributed by atoms with Crippen molar-refractivity contribution in [1.82, 2.24) is 4.98 Å². The molecule has 1 amide bonds. The highest BCUT2D eigenvalue weighted by Gasteiger charge is 2.16. The molecule has 23 heavy (non-hydrogen) atoms. The number of hydrogen-bond acceptors (Lipinski definition) is 4. The normalized spacial score (nSPS) is 12.3. The number of fused-ring (bicyclic) bond motifs is 1. The van der Waals surface area contributed by atoms with Crippen molar-refractivity contribution >= 4 is 44.9 Å². The predicted molar refractivity (Wildman–Crippen MR) is 95.4 cm³/mol. The summed E-state index contributed by atoms with van der Waals surface area (Å²) in [6, 6.07) is 14.1. The van der Waals surface area contributed by atoms with Crippen LogP contribution in [0.1, 0.15) is 11.9 Å². The first-order valence-corrected chi connectivity index (χ1v) is 9.01. The van der Waals surface area contributed by atoms with Crippen LogP contribution < -0.4 is 5.32 Å². The van der Waals surface area contributed by atoms with E-state index in [1.807, 2.05) is 31.2 Å². The van der Waals surface area contributed by atoms with E-state index < -0.39 is 5.82 Å². The second-order valence-electron chi connectivity index (χ2n) is 5.00. The number of nitrogens with one attached hydrogen (secondary N) is 1. The first-order chi connectivity index (χ1) is 11.1. The highest BCUT2D eigenvalue weighted by atomic mass is 32.2. The number of amides is 1. The van der Waals surface area contributed by atoms with E-state index in [0.29, 0.717) is 5.75 Å². The third-order valence-electron chi connectivity index (χ3n) is 3.30. The van der Waals surface area contributed by atoms with Crippen LogP contribution in [0.2, 0.25) is 0 Å². The van der Waals surface area contributed by atoms with E-state index >= 15 is 0 Å². The second-order valence-corrected chi connectivity index (χ2v) is 7.44. The quantitative estimate of drug-likeness (QED) is 0.728. The average Bonchev–Trinajstić information content (AvgIpc) is 2.97. The molecule has 0 aliphatic rings. The summed E-state index contributed by atoms with van der Waals surface area (Å²) in [4.78, 5) is 16.7. The molecule has 1 aromatic heterocycles. The Morgan fingerprint density at radius 2 is 2.00 bits per heavy atom. The maximum absolute atomic E-state index is 13.6. The lowest BCUT2D eigenvalue weighted by atomic mass is 10.3. The Balaban J connectivity index is 1.59. The Morgan fingerprint density at radius 1 is 1.26 bits per heavy atom. The molecule has 0 radical (unpaired) electrons. The summed E-state index contributed by atoms with van der Waals surface area (Å²) in [5.74, 6) is 0.0241. The molecule has 0 bridgehead atoms. The number of aromatic nitrogens is 1. The lowest BCUT2D eigenvalue weighted by Crippen LogP contribution is -2.23. The summed E-state index contributed by atoms with van der Waals surface area (Å²) in [5.41, 5.74) is 1.20. The van der Waals surface area contributed by atoms with E-state index in [-0.39, 0.29) is 16.8 Å². The zero-order valence-corrected chi connectivity index (χ0v) is 14.1. The van der Waals surface area contributed by atoms with Gasteiger partial charge in [0.2, 0.25) is 5.91 Å². The molecule has 0 spiro atoms. The van der Waals surface area contributed by atoms with Gasteiger partial charge in [0.15, 0.2) is 0 Å². The van der Waals surface area contributed by atoms with Crippen LogP contribution in [0.5, 0.6) is 0 Å². The van der Waals surface area contributed by atoms with Crippen molar-refractivity contribution in [3.8, 4) is 0 Å². The number of benzene rings is 2. The van der Waals surface area contributed by atoms with Gasteiger partial charge in [-0.15, -0.1) is 23.1 Å². The SMILES string of the molecule is CC(SCc1nc2ccccc2s1)C(=O)Nc1ccccc1F. The van der Waals surface area contributed by atoms with Crippen LogP contribution in [0, 0.1) is 5.82 Å². The smallest absolute Gasteiger partial charge is 0.237 e. The largest absolute Gasteiger partial charge is 0.323 e. The fourth-order valence-electron chi connectivity index (χ4n) is 2.05. The van der Waals surface area contributed by atoms with E-state index in [9.17, 15) is 9.18 Å². The first kappa shape index (κ1) is 16.0. The van der Waals surface area contributed by atoms with E-state index in [1.54, 1.807) is 29.5 Å². The fourth-order valence-corrected chi connectivity index (χ4v) is 3.92. The summed E-state index contributed by atoms with van der Waals surface area (Å²) in [7, 11) is 0. The lowest BCUT2D eigenvalue weighted by molar-refractivity contribution is -0.115. The molecule has 0 fully saturated rings. The summed E-state index contributed by atoms with van der Waals surface area (Å²) >= 11 is 3.13. The minimum absolute atomic E-state index is 0.207. The van der Waals surface area contributed by atoms with Gasteiger partial charge in [0.05, 0.1) is 21.2 Å². The standard InChI is InChI=1S/C17H15FN2OS2/c1-11(17(21)20-13-7-3-2-6-12(13)18)22-10-16-19-14-8-4-5-9-15(14)23-16/h2-9,11H,10H2,1H3,(H,20,21). The van der Waals surface area contributed by atoms with E-state index in [1.165, 1.54) is 17.8 Å². The highest BCUT2D eigenvalue weighted by Crippen LogP contribution is 2.27. The summed E-state index contributed by atoms with van der Waals surface area (Å²) in [6.45, 7) is 1.81. The number of halogens is 1. The number of carbonyl (C=O) groups excluding carboxylic acids is 1. The number of rotatable bonds is 5. The van der Waals surface area contributed by atoms with Gasteiger partial charge < -0.3 is 5.32 Å². The van der Waals surface area contributed by atoms with Gasteiger partial charge >= 0.3 is 0 Å². The Hall–Kier alpha value is -1.92. The van der Waals surface area contributed by atoms with Gasteiger partial charge in [0.1, 0.15) is 10.8 Å². The van der Waals surface area contributed by atoms with E-state index in [2.05, 4.69) is 10.3 Å². The molecule has 3 nitrogen and oxygen atoms in total. The Morgan fingerprint density at radius 3 is 2.78 bits per heavy atom. The van der Waals surface area contributed by atoms with Crippen molar-refractivity contribution in [3.05, 3.63) is 59.4 Å². The Kier molecular flexibility index (Phi) is 4.93. The zero-order valence-electron chi connectivity index (χ0n) is 12.5. The number of thiazole rings is 1. The summed E-state index contributed by atoms with van der Waals surface area (Å²) < 4.78 is 14.7. The number of hydrogen-bond donors (Lipinski definition) is 1. The van der Waals surface area contributed by atoms with Gasteiger partial charge in [0.25, 0.3) is 0 Å². The Labute approximate surface area is 141 Å². The fraction of sp³-hybridized carbons (Fsp3) is 0.176. The molecule has 3 aromatic rings. The van der Waals surface area contributed by atoms with E-state index in [0.717, 1.165) is 15.2 Å². The van der Waals surface area contributed by atoms with Crippen LogP contribution in [-0.2, 0) is 10.5 Å². The first-order valence-electron chi connectivity index (χ1n) is 7.15. The van der Waals surface area contributed by atoms with Crippen molar-refractivity contribution in [1.29, 1.82) is 0 Å². The monoisotopic (exact) mass is 346 g/mol. The van der Waals surface area contributed by atoms with Gasteiger partial charge in [-0.3, -0.25) is 4.79 Å². The van der Waals surface area contributed by atoms with Crippen molar-refractivity contribution in [2.45, 2.75) is 17.9 Å². The van der Waals surface area contributed by atoms with Gasteiger partial charge in [0, 0.05) is 5.75 Å². The zero-order chi connectivity index (χ0) is 16.2. The van der Waals surface area contributed by atoms with Crippen LogP contribution in [-0.4, -0.2) is 16.1 Å². The molecule has 1 N–H and O–H groups in total. The van der Waals surface area contributed by atoms with Gasteiger partial charge in [-0.05, 0) is 31.2 Å². The molecule has 1 unspecified atom stereocenters. The van der Waals surface area contributed by atoms with Crippen molar-refractivity contribution in [2.75, 3.05) is 5.32 Å². The Bertz CT molecular complexity index is 801. The highest BCUT2D eigenvalue weighted by molar-refractivity contribution is 7.99. The summed E-state index contributed by atoms with van der Waals surface area (Å²) in [5, 5.41) is 3.32. The van der Waals surface area contributed by atoms with Crippen LogP contribution in [0.25, 0.3) is 10.2 Å². The van der Waals surface area contributed by atoms with Crippen LogP contribution >= 0.6 is 23.1 Å². The molecular formula is C17H15FN2OS2. The predicted octanol–water partition coefficient (Wildman–Crippen LogP) is 4.70. The van der Waals surface area contributed by atoms with Gasteiger partial charge in [-0.2, -0.15) is 0 Å². The lowest BCUT2D eigenvalue weighted by Gasteiger charge is -2.11. The van der Waals surface area contributed by atoms with Crippen molar-refractivity contribution in [2.24, 2.45) is 0 Å². The maximum atomic E-state index is 13.6. The topological polar surface area (TPSA) is 42.0 Å². The molecule has 1 heterocycles. The third-order valence-corrected chi connectivity index (χ3v) is 5.67. The molecular weight excluding hydrogens is 331 g/mol. The third kappa shape index (κ3) is 3.89. The number of thioether (sulfide) groups is 1. The average molecular weight is 346 g/mol. The minimum atomic E-state index is -0.427. The molecule has 0 aliphatic heterocycles. The molecule has 2 aromatic carbocycles. The summed E-state index contributed by atoms with van der Waals surface area (Å²) in [6.07, 6.45) is 0. The molecule has 3 rings (SSSR count). The number of nitrogens with zero attached hydrogens (tertiary/aromatic N) is 1. The molecule has 0 saturated carbocycles. The van der Waals surface area contributed by atoms with Gasteiger partial charge in [-0.1, -0.05) is 24.3 Å². The van der Waals surface area contributed by atoms with E-state index in [4.69, 9.17) is 0 Å². The molecule has 118 valence electrons. The number of carbonyl (C=O) groups is 1. The van der Waals surface area contributed by atoms with Crippen molar-refractivity contribution in [3.63, 3.8) is 0 Å². The second kappa shape index (κ2) is 7.10. The van der Waals surface area contributed by atoms with Crippen LogP contribution in [0.15, 0.2) is 48.5 Å². The van der Waals surface area contributed by atoms with Crippen molar-refractivity contribution < 1.29 is 9.18 Å². The molecule has 1 atom stereocenters. The van der Waals surface area contributed by atoms with Crippen LogP contribution in [0.4, 0.5) is 10.1 Å². The molecule has 0 aliphatic carbocycles. The molecule has 0 saturated heterocycles. The molecule has 6 heteroatoms. The minimum Gasteiger partial charge on any atom is -0.323 e. The van der Waals surface area contributed by atoms with Crippen LogP contribution in [0.3, 0.4) is 0 Å². The number of anilines is 1. The number of para-hydroxylation sites is 2. The van der Waals surface area contributed by atoms with Gasteiger partial charge in [-0.25, -0.2) is 9.37 Å². The maximum Gasteiger partial charge on any atom is 0.237 e.